The number of imidazole rings is 1. The Balaban J connectivity index is 2.05. The van der Waals surface area contributed by atoms with Crippen molar-refractivity contribution in [3.05, 3.63) is 11.5 Å². The largest absolute Gasteiger partial charge is 0.330 e. The Morgan fingerprint density at radius 1 is 1.32 bits per heavy atom. The Morgan fingerprint density at radius 2 is 2.05 bits per heavy atom. The first-order valence-electron chi connectivity index (χ1n) is 6.35. The molecule has 0 saturated carbocycles. The van der Waals surface area contributed by atoms with Gasteiger partial charge in [0.05, 0.1) is 6.33 Å². The molecule has 0 radical (unpaired) electrons. The van der Waals surface area contributed by atoms with Crippen molar-refractivity contribution < 1.29 is 0 Å². The van der Waals surface area contributed by atoms with Crippen LogP contribution in [0.5, 0.6) is 0 Å². The van der Waals surface area contributed by atoms with Crippen molar-refractivity contribution in [3.63, 3.8) is 0 Å². The van der Waals surface area contributed by atoms with Crippen LogP contribution in [0, 0.1) is 0 Å². The smallest absolute Gasteiger partial charge is 0.191 e. The molecule has 0 saturated heterocycles. The summed E-state index contributed by atoms with van der Waals surface area (Å²) in [5.41, 5.74) is 1.45. The normalized spacial score (nSPS) is 11.6. The van der Waals surface area contributed by atoms with E-state index in [1.165, 1.54) is 0 Å². The minimum atomic E-state index is 0.468. The fourth-order valence-electron chi connectivity index (χ4n) is 1.86. The third-order valence-electron chi connectivity index (χ3n) is 3.04. The van der Waals surface area contributed by atoms with E-state index >= 15 is 0 Å². The lowest BCUT2D eigenvalue weighted by Gasteiger charge is -2.16. The molecule has 0 atom stereocenters. The average Bonchev–Trinajstić information content (AvgIpc) is 2.77. The molecule has 0 aliphatic carbocycles. The second-order valence-electron chi connectivity index (χ2n) is 4.20. The van der Waals surface area contributed by atoms with Gasteiger partial charge in [0.1, 0.15) is 5.52 Å². The van der Waals surface area contributed by atoms with Gasteiger partial charge in [0.2, 0.25) is 0 Å². The second kappa shape index (κ2) is 6.54. The van der Waals surface area contributed by atoms with Gasteiger partial charge in [-0.2, -0.15) is 0 Å². The van der Waals surface area contributed by atoms with Crippen LogP contribution in [0.25, 0.3) is 11.2 Å². The summed E-state index contributed by atoms with van der Waals surface area (Å²) in [7, 11) is 1.89. The minimum absolute atomic E-state index is 0.468. The van der Waals surface area contributed by atoms with Crippen molar-refractivity contribution in [2.75, 3.05) is 25.4 Å². The summed E-state index contributed by atoms with van der Waals surface area (Å²) in [4.78, 5) is 15.3. The molecule has 0 fully saturated rings. The van der Waals surface area contributed by atoms with E-state index in [0.29, 0.717) is 16.0 Å². The summed E-state index contributed by atoms with van der Waals surface area (Å²) >= 11 is 7.79. The molecule has 0 aliphatic heterocycles. The molecule has 2 heterocycles. The SMILES string of the molecule is CCN(CC)CCSc1nc(Cl)c2c(ncn2C)n1. The number of nitrogens with zero attached hydrogens (tertiary/aromatic N) is 5. The van der Waals surface area contributed by atoms with E-state index in [2.05, 4.69) is 33.7 Å². The van der Waals surface area contributed by atoms with Crippen LogP contribution in [0.1, 0.15) is 13.8 Å². The van der Waals surface area contributed by atoms with Crippen LogP contribution in [-0.2, 0) is 7.05 Å². The number of thioether (sulfide) groups is 1. The summed E-state index contributed by atoms with van der Waals surface area (Å²) in [5, 5.41) is 1.17. The number of aromatic nitrogens is 4. The molecule has 0 amide bonds. The molecule has 0 unspecified atom stereocenters. The van der Waals surface area contributed by atoms with Crippen molar-refractivity contribution in [2.24, 2.45) is 7.05 Å². The lowest BCUT2D eigenvalue weighted by atomic mass is 10.5. The van der Waals surface area contributed by atoms with Crippen molar-refractivity contribution in [1.82, 2.24) is 24.4 Å². The van der Waals surface area contributed by atoms with Gasteiger partial charge in [-0.1, -0.05) is 37.2 Å². The van der Waals surface area contributed by atoms with Gasteiger partial charge < -0.3 is 9.47 Å². The molecule has 0 spiro atoms. The van der Waals surface area contributed by atoms with Crippen LogP contribution in [0.4, 0.5) is 0 Å². The first kappa shape index (κ1) is 14.6. The Kier molecular flexibility index (Phi) is 5.01. The standard InChI is InChI=1S/C12H18ClN5S/c1-4-18(5-2)6-7-19-12-15-10(13)9-11(16-12)14-8-17(9)3/h8H,4-7H2,1-3H3. The minimum Gasteiger partial charge on any atom is -0.330 e. The summed E-state index contributed by atoms with van der Waals surface area (Å²) in [6.07, 6.45) is 1.70. The number of aryl methyl sites for hydroxylation is 1. The first-order chi connectivity index (χ1) is 9.15. The fraction of sp³-hybridized carbons (Fsp3) is 0.583. The monoisotopic (exact) mass is 299 g/mol. The molecule has 19 heavy (non-hydrogen) atoms. The van der Waals surface area contributed by atoms with Crippen LogP contribution in [0.15, 0.2) is 11.5 Å². The molecule has 0 N–H and O–H groups in total. The predicted octanol–water partition coefficient (Wildman–Crippen LogP) is 2.45. The van der Waals surface area contributed by atoms with E-state index in [0.717, 1.165) is 30.9 Å². The van der Waals surface area contributed by atoms with Gasteiger partial charge in [0.25, 0.3) is 0 Å². The molecule has 0 aromatic carbocycles. The Morgan fingerprint density at radius 3 is 2.74 bits per heavy atom. The van der Waals surface area contributed by atoms with E-state index in [9.17, 15) is 0 Å². The highest BCUT2D eigenvalue weighted by molar-refractivity contribution is 7.99. The van der Waals surface area contributed by atoms with Gasteiger partial charge >= 0.3 is 0 Å². The number of halogens is 1. The second-order valence-corrected chi connectivity index (χ2v) is 5.62. The third-order valence-corrected chi connectivity index (χ3v) is 4.13. The number of rotatable bonds is 6. The van der Waals surface area contributed by atoms with Crippen molar-refractivity contribution in [2.45, 2.75) is 19.0 Å². The average molecular weight is 300 g/mol. The van der Waals surface area contributed by atoms with E-state index in [1.807, 2.05) is 11.6 Å². The Hall–Kier alpha value is -0.850. The summed E-state index contributed by atoms with van der Waals surface area (Å²) in [6, 6.07) is 0. The molecule has 5 nitrogen and oxygen atoms in total. The molecule has 2 rings (SSSR count). The number of hydrogen-bond donors (Lipinski definition) is 0. The van der Waals surface area contributed by atoms with E-state index in [1.54, 1.807) is 18.1 Å². The molecule has 2 aromatic heterocycles. The topological polar surface area (TPSA) is 46.8 Å². The Labute approximate surface area is 122 Å². The zero-order chi connectivity index (χ0) is 13.8. The molecule has 2 aromatic rings. The zero-order valence-electron chi connectivity index (χ0n) is 11.4. The van der Waals surface area contributed by atoms with Gasteiger partial charge in [0, 0.05) is 19.3 Å². The molecule has 0 bridgehead atoms. The van der Waals surface area contributed by atoms with E-state index in [-0.39, 0.29) is 0 Å². The van der Waals surface area contributed by atoms with Crippen LogP contribution in [0.2, 0.25) is 5.15 Å². The van der Waals surface area contributed by atoms with E-state index < -0.39 is 0 Å². The van der Waals surface area contributed by atoms with Crippen molar-refractivity contribution >= 4 is 34.5 Å². The van der Waals surface area contributed by atoms with E-state index in [4.69, 9.17) is 11.6 Å². The highest BCUT2D eigenvalue weighted by Crippen LogP contribution is 2.23. The van der Waals surface area contributed by atoms with Crippen molar-refractivity contribution in [3.8, 4) is 0 Å². The maximum absolute atomic E-state index is 6.17. The van der Waals surface area contributed by atoms with Crippen LogP contribution < -0.4 is 0 Å². The van der Waals surface area contributed by atoms with Gasteiger partial charge in [-0.3, -0.25) is 0 Å². The van der Waals surface area contributed by atoms with Crippen molar-refractivity contribution in [1.29, 1.82) is 0 Å². The van der Waals surface area contributed by atoms with Gasteiger partial charge in [-0.15, -0.1) is 0 Å². The van der Waals surface area contributed by atoms with Gasteiger partial charge in [0.15, 0.2) is 16.0 Å². The molecule has 7 heteroatoms. The molecule has 0 aliphatic rings. The third kappa shape index (κ3) is 3.38. The molecule has 104 valence electrons. The zero-order valence-corrected chi connectivity index (χ0v) is 13.0. The number of hydrogen-bond acceptors (Lipinski definition) is 5. The van der Waals surface area contributed by atoms with Crippen LogP contribution in [-0.4, -0.2) is 49.8 Å². The summed E-state index contributed by atoms with van der Waals surface area (Å²) < 4.78 is 1.84. The lowest BCUT2D eigenvalue weighted by molar-refractivity contribution is 0.324. The Bertz CT molecular complexity index is 552. The first-order valence-corrected chi connectivity index (χ1v) is 7.71. The van der Waals surface area contributed by atoms with Gasteiger partial charge in [-0.25, -0.2) is 15.0 Å². The molecular formula is C12H18ClN5S. The highest BCUT2D eigenvalue weighted by Gasteiger charge is 2.10. The fourth-order valence-corrected chi connectivity index (χ4v) is 3.05. The molecular weight excluding hydrogens is 282 g/mol. The number of fused-ring (bicyclic) bond motifs is 1. The summed E-state index contributed by atoms with van der Waals surface area (Å²) in [5.74, 6) is 0.955. The maximum Gasteiger partial charge on any atom is 0.191 e. The summed E-state index contributed by atoms with van der Waals surface area (Å²) in [6.45, 7) is 7.50. The quantitative estimate of drug-likeness (QED) is 0.466. The predicted molar refractivity (Wildman–Crippen MR) is 79.8 cm³/mol. The maximum atomic E-state index is 6.17. The van der Waals surface area contributed by atoms with Crippen LogP contribution >= 0.6 is 23.4 Å². The lowest BCUT2D eigenvalue weighted by Crippen LogP contribution is -2.25. The van der Waals surface area contributed by atoms with Gasteiger partial charge in [-0.05, 0) is 13.1 Å². The van der Waals surface area contributed by atoms with Crippen LogP contribution in [0.3, 0.4) is 0 Å². The highest BCUT2D eigenvalue weighted by atomic mass is 35.5.